The van der Waals surface area contributed by atoms with Gasteiger partial charge in [-0.25, -0.2) is 9.97 Å². The molecular formula is C17H8Cl3N3. The summed E-state index contributed by atoms with van der Waals surface area (Å²) >= 11 is 18.2. The quantitative estimate of drug-likeness (QED) is 0.594. The molecule has 0 N–H and O–H groups in total. The van der Waals surface area contributed by atoms with Crippen LogP contribution >= 0.6 is 34.8 Å². The zero-order chi connectivity index (χ0) is 16.4. The molecule has 0 aliphatic heterocycles. The molecule has 1 heterocycles. The van der Waals surface area contributed by atoms with Gasteiger partial charge in [-0.15, -0.1) is 0 Å². The summed E-state index contributed by atoms with van der Waals surface area (Å²) < 4.78 is 0. The fourth-order valence-electron chi connectivity index (χ4n) is 2.16. The molecule has 2 aromatic carbocycles. The van der Waals surface area contributed by atoms with E-state index >= 15 is 0 Å². The van der Waals surface area contributed by atoms with Gasteiger partial charge in [0.2, 0.25) is 5.82 Å². The molecule has 3 aromatic rings. The van der Waals surface area contributed by atoms with Crippen molar-refractivity contribution in [2.45, 2.75) is 0 Å². The predicted octanol–water partition coefficient (Wildman–Crippen LogP) is 5.64. The number of halogens is 3. The van der Waals surface area contributed by atoms with Crippen molar-refractivity contribution in [3.63, 3.8) is 0 Å². The van der Waals surface area contributed by atoms with E-state index in [1.807, 2.05) is 18.2 Å². The lowest BCUT2D eigenvalue weighted by atomic mass is 10.0. The summed E-state index contributed by atoms with van der Waals surface area (Å²) in [6.45, 7) is 0. The summed E-state index contributed by atoms with van der Waals surface area (Å²) in [7, 11) is 0. The highest BCUT2D eigenvalue weighted by Gasteiger charge is 2.14. The van der Waals surface area contributed by atoms with Crippen LogP contribution in [-0.4, -0.2) is 9.97 Å². The highest BCUT2D eigenvalue weighted by Crippen LogP contribution is 2.35. The minimum Gasteiger partial charge on any atom is -0.227 e. The van der Waals surface area contributed by atoms with Crippen LogP contribution < -0.4 is 0 Å². The third-order valence-electron chi connectivity index (χ3n) is 3.23. The Morgan fingerprint density at radius 1 is 0.870 bits per heavy atom. The summed E-state index contributed by atoms with van der Waals surface area (Å²) in [6, 6.07) is 14.4. The Kier molecular flexibility index (Phi) is 4.49. The average Bonchev–Trinajstić information content (AvgIpc) is 2.55. The molecule has 23 heavy (non-hydrogen) atoms. The van der Waals surface area contributed by atoms with E-state index in [4.69, 9.17) is 40.1 Å². The van der Waals surface area contributed by atoms with Gasteiger partial charge in [0.05, 0.1) is 10.7 Å². The van der Waals surface area contributed by atoms with Crippen LogP contribution in [0.5, 0.6) is 0 Å². The molecule has 0 aliphatic rings. The number of nitrogens with zero attached hydrogens (tertiary/aromatic N) is 3. The van der Waals surface area contributed by atoms with E-state index in [0.29, 0.717) is 26.3 Å². The lowest BCUT2D eigenvalue weighted by molar-refractivity contribution is 1.12. The fourth-order valence-corrected chi connectivity index (χ4v) is 2.79. The van der Waals surface area contributed by atoms with Crippen molar-refractivity contribution < 1.29 is 0 Å². The second-order valence-electron chi connectivity index (χ2n) is 4.70. The number of nitriles is 1. The van der Waals surface area contributed by atoms with Gasteiger partial charge in [-0.1, -0.05) is 46.9 Å². The van der Waals surface area contributed by atoms with Crippen LogP contribution in [0.2, 0.25) is 15.1 Å². The summed E-state index contributed by atoms with van der Waals surface area (Å²) in [5.41, 5.74) is 2.88. The highest BCUT2D eigenvalue weighted by atomic mass is 35.5. The van der Waals surface area contributed by atoms with E-state index in [0.717, 1.165) is 11.1 Å². The Balaban J connectivity index is 2.25. The summed E-state index contributed by atoms with van der Waals surface area (Å²) in [5.74, 6) is 0.0729. The van der Waals surface area contributed by atoms with E-state index < -0.39 is 0 Å². The Morgan fingerprint density at radius 2 is 1.57 bits per heavy atom. The maximum absolute atomic E-state index is 9.07. The number of aromatic nitrogens is 2. The maximum atomic E-state index is 9.07. The Hall–Kier alpha value is -2.12. The number of hydrogen-bond donors (Lipinski definition) is 0. The molecule has 0 fully saturated rings. The van der Waals surface area contributed by atoms with Gasteiger partial charge in [0.25, 0.3) is 0 Å². The molecule has 0 atom stereocenters. The maximum Gasteiger partial charge on any atom is 0.232 e. The minimum atomic E-state index is 0.0729. The molecular weight excluding hydrogens is 353 g/mol. The van der Waals surface area contributed by atoms with E-state index in [1.54, 1.807) is 36.5 Å². The lowest BCUT2D eigenvalue weighted by Crippen LogP contribution is -1.96. The van der Waals surface area contributed by atoms with Crippen LogP contribution in [0.4, 0.5) is 0 Å². The Bertz CT molecular complexity index is 915. The largest absolute Gasteiger partial charge is 0.232 e. The van der Waals surface area contributed by atoms with Crippen molar-refractivity contribution in [3.05, 3.63) is 69.6 Å². The van der Waals surface area contributed by atoms with Gasteiger partial charge in [0, 0.05) is 27.4 Å². The normalized spacial score (nSPS) is 10.3. The van der Waals surface area contributed by atoms with Gasteiger partial charge in [-0.05, 0) is 35.9 Å². The second-order valence-corrected chi connectivity index (χ2v) is 5.98. The zero-order valence-electron chi connectivity index (χ0n) is 11.6. The lowest BCUT2D eigenvalue weighted by Gasteiger charge is -2.11. The first-order chi connectivity index (χ1) is 11.1. The molecule has 0 aliphatic carbocycles. The van der Waals surface area contributed by atoms with Crippen LogP contribution in [0.1, 0.15) is 5.82 Å². The van der Waals surface area contributed by atoms with Crippen LogP contribution in [0, 0.1) is 11.3 Å². The van der Waals surface area contributed by atoms with Gasteiger partial charge in [0.15, 0.2) is 0 Å². The average molecular weight is 361 g/mol. The topological polar surface area (TPSA) is 49.6 Å². The van der Waals surface area contributed by atoms with E-state index in [-0.39, 0.29) is 5.82 Å². The monoisotopic (exact) mass is 359 g/mol. The molecule has 112 valence electrons. The molecule has 0 saturated heterocycles. The van der Waals surface area contributed by atoms with Crippen LogP contribution in [0.25, 0.3) is 22.4 Å². The third kappa shape index (κ3) is 3.30. The standard InChI is InChI=1S/C17H8Cl3N3/c18-11-3-1-10(2-4-11)14-9-22-16(8-21)23-17(14)13-6-5-12(19)7-15(13)20/h1-7,9H. The second kappa shape index (κ2) is 6.55. The molecule has 3 rings (SSSR count). The van der Waals surface area contributed by atoms with Gasteiger partial charge >= 0.3 is 0 Å². The molecule has 1 aromatic heterocycles. The molecule has 3 nitrogen and oxygen atoms in total. The van der Waals surface area contributed by atoms with Crippen molar-refractivity contribution in [3.8, 4) is 28.5 Å². The van der Waals surface area contributed by atoms with Gasteiger partial charge in [0.1, 0.15) is 6.07 Å². The Morgan fingerprint density at radius 3 is 2.22 bits per heavy atom. The van der Waals surface area contributed by atoms with Crippen LogP contribution in [0.15, 0.2) is 48.7 Å². The molecule has 0 saturated carbocycles. The Labute approximate surface area is 148 Å². The number of rotatable bonds is 2. The van der Waals surface area contributed by atoms with Crippen molar-refractivity contribution >= 4 is 34.8 Å². The summed E-state index contributed by atoms with van der Waals surface area (Å²) in [4.78, 5) is 8.37. The SMILES string of the molecule is N#Cc1ncc(-c2ccc(Cl)cc2)c(-c2ccc(Cl)cc2Cl)n1. The van der Waals surface area contributed by atoms with E-state index in [2.05, 4.69) is 9.97 Å². The number of hydrogen-bond acceptors (Lipinski definition) is 3. The third-order valence-corrected chi connectivity index (χ3v) is 4.03. The van der Waals surface area contributed by atoms with Crippen LogP contribution in [0.3, 0.4) is 0 Å². The van der Waals surface area contributed by atoms with Crippen molar-refractivity contribution in [1.29, 1.82) is 5.26 Å². The fraction of sp³-hybridized carbons (Fsp3) is 0. The van der Waals surface area contributed by atoms with E-state index in [9.17, 15) is 0 Å². The summed E-state index contributed by atoms with van der Waals surface area (Å²) in [5, 5.41) is 10.7. The van der Waals surface area contributed by atoms with Crippen LogP contribution in [-0.2, 0) is 0 Å². The first kappa shape index (κ1) is 15.8. The highest BCUT2D eigenvalue weighted by molar-refractivity contribution is 6.36. The van der Waals surface area contributed by atoms with Crippen molar-refractivity contribution in [2.24, 2.45) is 0 Å². The first-order valence-electron chi connectivity index (χ1n) is 6.57. The summed E-state index contributed by atoms with van der Waals surface area (Å²) in [6.07, 6.45) is 1.61. The molecule has 6 heteroatoms. The molecule has 0 spiro atoms. The minimum absolute atomic E-state index is 0.0729. The smallest absolute Gasteiger partial charge is 0.227 e. The molecule has 0 bridgehead atoms. The molecule has 0 radical (unpaired) electrons. The van der Waals surface area contributed by atoms with Gasteiger partial charge in [-0.3, -0.25) is 0 Å². The zero-order valence-corrected chi connectivity index (χ0v) is 13.9. The predicted molar refractivity (Wildman–Crippen MR) is 92.6 cm³/mol. The molecule has 0 amide bonds. The molecule has 0 unspecified atom stereocenters. The van der Waals surface area contributed by atoms with Gasteiger partial charge < -0.3 is 0 Å². The van der Waals surface area contributed by atoms with Gasteiger partial charge in [-0.2, -0.15) is 5.26 Å². The first-order valence-corrected chi connectivity index (χ1v) is 7.70. The number of benzene rings is 2. The van der Waals surface area contributed by atoms with Crippen molar-refractivity contribution in [2.75, 3.05) is 0 Å². The van der Waals surface area contributed by atoms with Crippen molar-refractivity contribution in [1.82, 2.24) is 9.97 Å². The van der Waals surface area contributed by atoms with E-state index in [1.165, 1.54) is 0 Å².